The molecule has 0 unspecified atom stereocenters. The van der Waals surface area contributed by atoms with Crippen molar-refractivity contribution in [2.24, 2.45) is 0 Å². The number of aryl methyl sites for hydroxylation is 1. The van der Waals surface area contributed by atoms with Gasteiger partial charge in [0, 0.05) is 5.41 Å². The van der Waals surface area contributed by atoms with Gasteiger partial charge in [-0.2, -0.15) is 0 Å². The first-order valence-corrected chi connectivity index (χ1v) is 5.16. The zero-order valence-corrected chi connectivity index (χ0v) is 9.83. The molecule has 2 nitrogen and oxygen atoms in total. The van der Waals surface area contributed by atoms with Crippen LogP contribution in [0.15, 0.2) is 28.7 Å². The molecule has 0 aromatic carbocycles. The molecule has 0 bridgehead atoms. The average molecular weight is 206 g/mol. The van der Waals surface area contributed by atoms with Gasteiger partial charge < -0.3 is 4.42 Å². The molecule has 0 spiro atoms. The molecule has 0 N–H and O–H groups in total. The lowest BCUT2D eigenvalue weighted by molar-refractivity contribution is -0.112. The van der Waals surface area contributed by atoms with Crippen molar-refractivity contribution in [1.29, 1.82) is 0 Å². The van der Waals surface area contributed by atoms with E-state index in [0.717, 1.165) is 17.9 Å². The highest BCUT2D eigenvalue weighted by atomic mass is 16.3. The van der Waals surface area contributed by atoms with Gasteiger partial charge >= 0.3 is 0 Å². The third-order valence-corrected chi connectivity index (χ3v) is 2.39. The molecule has 82 valence electrons. The number of furan rings is 1. The molecule has 0 saturated heterocycles. The highest BCUT2D eigenvalue weighted by Crippen LogP contribution is 2.28. The highest BCUT2D eigenvalue weighted by molar-refractivity contribution is 5.87. The monoisotopic (exact) mass is 206 g/mol. The Morgan fingerprint density at radius 1 is 1.47 bits per heavy atom. The van der Waals surface area contributed by atoms with Crippen LogP contribution >= 0.6 is 0 Å². The maximum atomic E-state index is 10.8. The second kappa shape index (κ2) is 4.47. The molecule has 0 saturated carbocycles. The molecular formula is C13H18O2. The van der Waals surface area contributed by atoms with Crippen molar-refractivity contribution in [3.63, 3.8) is 0 Å². The van der Waals surface area contributed by atoms with Crippen LogP contribution in [0.3, 0.4) is 0 Å². The second-order valence-electron chi connectivity index (χ2n) is 4.51. The molecule has 0 amide bonds. The van der Waals surface area contributed by atoms with Crippen molar-refractivity contribution >= 4 is 5.78 Å². The molecule has 0 aliphatic rings. The Labute approximate surface area is 91.0 Å². The van der Waals surface area contributed by atoms with Crippen molar-refractivity contribution in [1.82, 2.24) is 0 Å². The molecule has 15 heavy (non-hydrogen) atoms. The molecule has 0 atom stereocenters. The molecule has 2 heteroatoms. The number of ketones is 1. The van der Waals surface area contributed by atoms with E-state index in [-0.39, 0.29) is 11.2 Å². The summed E-state index contributed by atoms with van der Waals surface area (Å²) < 4.78 is 5.59. The van der Waals surface area contributed by atoms with Crippen LogP contribution in [-0.2, 0) is 10.2 Å². The Bertz CT molecular complexity index is 370. The smallest absolute Gasteiger partial charge is 0.152 e. The van der Waals surface area contributed by atoms with Crippen LogP contribution in [0, 0.1) is 6.92 Å². The first-order chi connectivity index (χ1) is 6.92. The van der Waals surface area contributed by atoms with Gasteiger partial charge in [-0.3, -0.25) is 4.79 Å². The highest BCUT2D eigenvalue weighted by Gasteiger charge is 2.22. The van der Waals surface area contributed by atoms with Gasteiger partial charge in [0.05, 0.1) is 0 Å². The summed E-state index contributed by atoms with van der Waals surface area (Å²) >= 11 is 0. The average Bonchev–Trinajstić information content (AvgIpc) is 2.51. The standard InChI is InChI=1S/C13H18O2/c1-10(14)6-5-9-13(3,4)12-8-7-11(2)15-12/h5-8H,9H2,1-4H3/b6-5-. The Morgan fingerprint density at radius 3 is 2.60 bits per heavy atom. The lowest BCUT2D eigenvalue weighted by Gasteiger charge is -2.19. The van der Waals surface area contributed by atoms with Gasteiger partial charge in [0.15, 0.2) is 5.78 Å². The second-order valence-corrected chi connectivity index (χ2v) is 4.51. The van der Waals surface area contributed by atoms with E-state index >= 15 is 0 Å². The van der Waals surface area contributed by atoms with Crippen LogP contribution in [0.4, 0.5) is 0 Å². The van der Waals surface area contributed by atoms with E-state index < -0.39 is 0 Å². The van der Waals surface area contributed by atoms with Gasteiger partial charge in [0.25, 0.3) is 0 Å². The molecule has 1 rings (SSSR count). The van der Waals surface area contributed by atoms with Crippen molar-refractivity contribution in [2.75, 3.05) is 0 Å². The van der Waals surface area contributed by atoms with Crippen LogP contribution in [0.2, 0.25) is 0 Å². The number of hydrogen-bond donors (Lipinski definition) is 0. The Kier molecular flexibility index (Phi) is 3.51. The van der Waals surface area contributed by atoms with E-state index in [1.165, 1.54) is 0 Å². The molecule has 1 aromatic rings. The summed E-state index contributed by atoms with van der Waals surface area (Å²) in [5.41, 5.74) is -0.0553. The van der Waals surface area contributed by atoms with E-state index in [9.17, 15) is 4.79 Å². The maximum absolute atomic E-state index is 10.8. The SMILES string of the molecule is CC(=O)/C=C\CC(C)(C)c1ccc(C)o1. The summed E-state index contributed by atoms with van der Waals surface area (Å²) in [6, 6.07) is 3.96. The van der Waals surface area contributed by atoms with Crippen LogP contribution in [0.25, 0.3) is 0 Å². The summed E-state index contributed by atoms with van der Waals surface area (Å²) in [4.78, 5) is 10.8. The Hall–Kier alpha value is -1.31. The summed E-state index contributed by atoms with van der Waals surface area (Å²) in [5.74, 6) is 1.98. The van der Waals surface area contributed by atoms with Crippen molar-refractivity contribution in [3.05, 3.63) is 35.8 Å². The Morgan fingerprint density at radius 2 is 2.13 bits per heavy atom. The van der Waals surface area contributed by atoms with Crippen molar-refractivity contribution in [2.45, 2.75) is 39.5 Å². The van der Waals surface area contributed by atoms with E-state index in [4.69, 9.17) is 4.42 Å². The first kappa shape index (κ1) is 11.8. The number of rotatable bonds is 4. The summed E-state index contributed by atoms with van der Waals surface area (Å²) in [7, 11) is 0. The zero-order valence-electron chi connectivity index (χ0n) is 9.83. The van der Waals surface area contributed by atoms with Gasteiger partial charge in [-0.1, -0.05) is 19.9 Å². The minimum atomic E-state index is -0.0553. The quantitative estimate of drug-likeness (QED) is 0.707. The van der Waals surface area contributed by atoms with E-state index in [1.807, 2.05) is 25.1 Å². The van der Waals surface area contributed by atoms with Gasteiger partial charge in [-0.25, -0.2) is 0 Å². The molecule has 0 aliphatic carbocycles. The summed E-state index contributed by atoms with van der Waals surface area (Å²) in [6.07, 6.45) is 4.32. The molecule has 1 heterocycles. The fourth-order valence-corrected chi connectivity index (χ4v) is 1.42. The third kappa shape index (κ3) is 3.39. The van der Waals surface area contributed by atoms with Crippen LogP contribution in [0.5, 0.6) is 0 Å². The van der Waals surface area contributed by atoms with Gasteiger partial charge in [-0.15, -0.1) is 0 Å². The van der Waals surface area contributed by atoms with E-state index in [2.05, 4.69) is 13.8 Å². The normalized spacial score (nSPS) is 12.3. The number of carbonyl (C=O) groups excluding carboxylic acids is 1. The minimum Gasteiger partial charge on any atom is -0.466 e. The molecule has 0 fully saturated rings. The lowest BCUT2D eigenvalue weighted by atomic mass is 9.86. The Balaban J connectivity index is 2.71. The predicted octanol–water partition coefficient (Wildman–Crippen LogP) is 3.40. The molecule has 0 aliphatic heterocycles. The lowest BCUT2D eigenvalue weighted by Crippen LogP contribution is -2.14. The fourth-order valence-electron chi connectivity index (χ4n) is 1.42. The summed E-state index contributed by atoms with van der Waals surface area (Å²) in [5, 5.41) is 0. The number of allylic oxidation sites excluding steroid dienone is 2. The van der Waals surface area contributed by atoms with Gasteiger partial charge in [0.2, 0.25) is 0 Å². The zero-order chi connectivity index (χ0) is 11.5. The maximum Gasteiger partial charge on any atom is 0.152 e. The van der Waals surface area contributed by atoms with Crippen LogP contribution < -0.4 is 0 Å². The summed E-state index contributed by atoms with van der Waals surface area (Å²) in [6.45, 7) is 7.71. The molecule has 1 aromatic heterocycles. The van der Waals surface area contributed by atoms with Crippen molar-refractivity contribution < 1.29 is 9.21 Å². The minimum absolute atomic E-state index is 0.0553. The van der Waals surface area contributed by atoms with E-state index in [0.29, 0.717) is 0 Å². The predicted molar refractivity (Wildman–Crippen MR) is 60.9 cm³/mol. The third-order valence-electron chi connectivity index (χ3n) is 2.39. The van der Waals surface area contributed by atoms with Gasteiger partial charge in [0.1, 0.15) is 11.5 Å². The molecular weight excluding hydrogens is 188 g/mol. The van der Waals surface area contributed by atoms with Crippen LogP contribution in [0.1, 0.15) is 38.7 Å². The van der Waals surface area contributed by atoms with Crippen molar-refractivity contribution in [3.8, 4) is 0 Å². The van der Waals surface area contributed by atoms with Crippen LogP contribution in [-0.4, -0.2) is 5.78 Å². The van der Waals surface area contributed by atoms with E-state index in [1.54, 1.807) is 13.0 Å². The topological polar surface area (TPSA) is 30.2 Å². The number of carbonyl (C=O) groups is 1. The molecule has 0 radical (unpaired) electrons. The first-order valence-electron chi connectivity index (χ1n) is 5.16. The largest absolute Gasteiger partial charge is 0.466 e. The van der Waals surface area contributed by atoms with Gasteiger partial charge in [-0.05, 0) is 38.5 Å². The number of hydrogen-bond acceptors (Lipinski definition) is 2. The fraction of sp³-hybridized carbons (Fsp3) is 0.462.